The summed E-state index contributed by atoms with van der Waals surface area (Å²) in [6.45, 7) is 0.286. The van der Waals surface area contributed by atoms with E-state index in [2.05, 4.69) is 10.2 Å². The number of benzene rings is 2. The summed E-state index contributed by atoms with van der Waals surface area (Å²) in [5, 5.41) is 20.1. The molecule has 0 fully saturated rings. The van der Waals surface area contributed by atoms with E-state index in [1.807, 2.05) is 24.3 Å². The minimum atomic E-state index is -1.64. The van der Waals surface area contributed by atoms with Crippen LogP contribution in [0.1, 0.15) is 23.1 Å². The predicted octanol–water partition coefficient (Wildman–Crippen LogP) is 3.35. The third-order valence-electron chi connectivity index (χ3n) is 4.64. The van der Waals surface area contributed by atoms with Gasteiger partial charge in [0, 0.05) is 11.1 Å². The lowest BCUT2D eigenvalue weighted by atomic mass is 9.79. The standard InChI is InChI=1S/C17H15N3O4/c1-23-12-8-6-11(7-9-12)16-17(20(21)22)14(10-18-19-17)13-4-2-3-5-15(13)24-16/h2-9,14,16H,10H2,1H3/t14-,16+,17+/m1/s1. The summed E-state index contributed by atoms with van der Waals surface area (Å²) in [5.74, 6) is 0.882. The van der Waals surface area contributed by atoms with Crippen molar-refractivity contribution in [1.82, 2.24) is 0 Å². The first-order chi connectivity index (χ1) is 11.7. The van der Waals surface area contributed by atoms with E-state index in [1.165, 1.54) is 0 Å². The molecule has 0 aromatic heterocycles. The van der Waals surface area contributed by atoms with Crippen molar-refractivity contribution in [2.45, 2.75) is 17.7 Å². The molecule has 0 spiro atoms. The van der Waals surface area contributed by atoms with Crippen LogP contribution in [-0.4, -0.2) is 24.2 Å². The SMILES string of the molecule is COc1ccc([C@@H]2Oc3ccccc3[C@H]3CN=N[C@]32[N+](=O)[O-])cc1. The van der Waals surface area contributed by atoms with E-state index in [0.717, 1.165) is 5.56 Å². The van der Waals surface area contributed by atoms with Gasteiger partial charge in [0.1, 0.15) is 17.4 Å². The molecule has 2 aromatic rings. The highest BCUT2D eigenvalue weighted by Crippen LogP contribution is 2.53. The Morgan fingerprint density at radius 2 is 2.00 bits per heavy atom. The number of methoxy groups -OCH3 is 1. The zero-order chi connectivity index (χ0) is 16.7. The van der Waals surface area contributed by atoms with E-state index in [-0.39, 0.29) is 11.5 Å². The fourth-order valence-corrected chi connectivity index (χ4v) is 3.44. The van der Waals surface area contributed by atoms with Gasteiger partial charge in [-0.3, -0.25) is 10.1 Å². The summed E-state index contributed by atoms with van der Waals surface area (Å²) in [6.07, 6.45) is -0.843. The van der Waals surface area contributed by atoms with E-state index >= 15 is 0 Å². The van der Waals surface area contributed by atoms with Gasteiger partial charge in [0.2, 0.25) is 6.10 Å². The van der Waals surface area contributed by atoms with Gasteiger partial charge in [0.15, 0.2) is 0 Å². The van der Waals surface area contributed by atoms with Crippen LogP contribution in [0.25, 0.3) is 0 Å². The number of ether oxygens (including phenoxy) is 2. The number of nitro groups is 1. The Labute approximate surface area is 138 Å². The van der Waals surface area contributed by atoms with Gasteiger partial charge in [-0.25, -0.2) is 0 Å². The summed E-state index contributed by atoms with van der Waals surface area (Å²) in [7, 11) is 1.57. The zero-order valence-corrected chi connectivity index (χ0v) is 13.0. The number of rotatable bonds is 3. The Morgan fingerprint density at radius 3 is 2.71 bits per heavy atom. The lowest BCUT2D eigenvalue weighted by Crippen LogP contribution is -2.51. The van der Waals surface area contributed by atoms with Crippen molar-refractivity contribution in [3.05, 3.63) is 69.8 Å². The zero-order valence-electron chi connectivity index (χ0n) is 13.0. The van der Waals surface area contributed by atoms with Crippen molar-refractivity contribution in [1.29, 1.82) is 0 Å². The second-order valence-electron chi connectivity index (χ2n) is 5.83. The molecular weight excluding hydrogens is 310 g/mol. The van der Waals surface area contributed by atoms with Crippen molar-refractivity contribution < 1.29 is 14.4 Å². The molecule has 7 nitrogen and oxygen atoms in total. The molecule has 2 aliphatic heterocycles. The summed E-state index contributed by atoms with van der Waals surface area (Å²) in [6, 6.07) is 14.4. The minimum absolute atomic E-state index is 0.286. The molecule has 0 aliphatic carbocycles. The molecule has 0 N–H and O–H groups in total. The predicted molar refractivity (Wildman–Crippen MR) is 85.0 cm³/mol. The number of hydrogen-bond acceptors (Lipinski definition) is 6. The average molecular weight is 325 g/mol. The van der Waals surface area contributed by atoms with Crippen molar-refractivity contribution in [3.63, 3.8) is 0 Å². The molecule has 24 heavy (non-hydrogen) atoms. The van der Waals surface area contributed by atoms with Gasteiger partial charge in [-0.2, -0.15) is 5.11 Å². The monoisotopic (exact) mass is 325 g/mol. The molecule has 122 valence electrons. The Morgan fingerprint density at radius 1 is 1.25 bits per heavy atom. The van der Waals surface area contributed by atoms with E-state index in [1.54, 1.807) is 31.4 Å². The molecule has 0 radical (unpaired) electrons. The quantitative estimate of drug-likeness (QED) is 0.639. The molecule has 3 atom stereocenters. The number of nitrogens with zero attached hydrogens (tertiary/aromatic N) is 3. The first-order valence-corrected chi connectivity index (χ1v) is 7.59. The number of hydrogen-bond donors (Lipinski definition) is 0. The molecule has 0 amide bonds. The normalized spacial score (nSPS) is 27.0. The topological polar surface area (TPSA) is 86.3 Å². The summed E-state index contributed by atoms with van der Waals surface area (Å²) in [5.41, 5.74) is -0.181. The molecular formula is C17H15N3O4. The van der Waals surface area contributed by atoms with Gasteiger partial charge in [-0.15, -0.1) is 5.11 Å². The van der Waals surface area contributed by atoms with Gasteiger partial charge in [0.05, 0.1) is 18.6 Å². The van der Waals surface area contributed by atoms with E-state index in [9.17, 15) is 10.1 Å². The van der Waals surface area contributed by atoms with Gasteiger partial charge >= 0.3 is 5.66 Å². The Hall–Kier alpha value is -2.96. The molecule has 0 saturated heterocycles. The number of para-hydroxylation sites is 1. The molecule has 0 bridgehead atoms. The molecule has 2 heterocycles. The highest BCUT2D eigenvalue weighted by Gasteiger charge is 2.65. The third-order valence-corrected chi connectivity index (χ3v) is 4.64. The van der Waals surface area contributed by atoms with Gasteiger partial charge in [-0.05, 0) is 18.2 Å². The Bertz CT molecular complexity index is 821. The molecule has 7 heteroatoms. The first kappa shape index (κ1) is 14.6. The van der Waals surface area contributed by atoms with E-state index in [4.69, 9.17) is 9.47 Å². The van der Waals surface area contributed by atoms with Crippen LogP contribution in [0.3, 0.4) is 0 Å². The molecule has 2 aromatic carbocycles. The van der Waals surface area contributed by atoms with Crippen LogP contribution < -0.4 is 9.47 Å². The lowest BCUT2D eigenvalue weighted by Gasteiger charge is -2.36. The van der Waals surface area contributed by atoms with Crippen molar-refractivity contribution in [2.75, 3.05) is 13.7 Å². The van der Waals surface area contributed by atoms with Gasteiger partial charge in [0.25, 0.3) is 0 Å². The third kappa shape index (κ3) is 1.90. The number of fused-ring (bicyclic) bond motifs is 3. The maximum atomic E-state index is 12.0. The van der Waals surface area contributed by atoms with Crippen LogP contribution in [0.2, 0.25) is 0 Å². The van der Waals surface area contributed by atoms with Crippen LogP contribution >= 0.6 is 0 Å². The van der Waals surface area contributed by atoms with Crippen LogP contribution in [0, 0.1) is 10.1 Å². The van der Waals surface area contributed by atoms with Crippen molar-refractivity contribution in [3.8, 4) is 11.5 Å². The highest BCUT2D eigenvalue weighted by molar-refractivity contribution is 5.44. The molecule has 0 saturated carbocycles. The minimum Gasteiger partial charge on any atom is -0.497 e. The van der Waals surface area contributed by atoms with Gasteiger partial charge < -0.3 is 9.47 Å². The van der Waals surface area contributed by atoms with Crippen LogP contribution in [0.15, 0.2) is 58.8 Å². The van der Waals surface area contributed by atoms with Gasteiger partial charge in [-0.1, -0.05) is 30.3 Å². The second-order valence-corrected chi connectivity index (χ2v) is 5.83. The second kappa shape index (κ2) is 5.30. The fraction of sp³-hybridized carbons (Fsp3) is 0.294. The Kier molecular flexibility index (Phi) is 3.23. The Balaban J connectivity index is 1.88. The summed E-state index contributed by atoms with van der Waals surface area (Å²) in [4.78, 5) is 11.7. The van der Waals surface area contributed by atoms with Crippen molar-refractivity contribution >= 4 is 0 Å². The molecule has 4 rings (SSSR count). The van der Waals surface area contributed by atoms with Crippen molar-refractivity contribution in [2.24, 2.45) is 10.2 Å². The molecule has 0 unspecified atom stereocenters. The summed E-state index contributed by atoms with van der Waals surface area (Å²) < 4.78 is 11.2. The van der Waals surface area contributed by atoms with Crippen LogP contribution in [0.4, 0.5) is 0 Å². The van der Waals surface area contributed by atoms with Crippen LogP contribution in [0.5, 0.6) is 11.5 Å². The van der Waals surface area contributed by atoms with Crippen LogP contribution in [-0.2, 0) is 0 Å². The van der Waals surface area contributed by atoms with E-state index in [0.29, 0.717) is 17.1 Å². The smallest absolute Gasteiger partial charge is 0.378 e. The maximum Gasteiger partial charge on any atom is 0.378 e. The first-order valence-electron chi connectivity index (χ1n) is 7.59. The highest BCUT2D eigenvalue weighted by atomic mass is 16.6. The summed E-state index contributed by atoms with van der Waals surface area (Å²) >= 11 is 0. The lowest BCUT2D eigenvalue weighted by molar-refractivity contribution is -0.586. The molecule has 2 aliphatic rings. The van der Waals surface area contributed by atoms with E-state index < -0.39 is 17.7 Å². The fourth-order valence-electron chi connectivity index (χ4n) is 3.44. The largest absolute Gasteiger partial charge is 0.497 e. The average Bonchev–Trinajstić information content (AvgIpc) is 3.08. The number of azo groups is 1. The maximum absolute atomic E-state index is 12.0.